The van der Waals surface area contributed by atoms with E-state index in [4.69, 9.17) is 11.6 Å². The quantitative estimate of drug-likeness (QED) is 0.712. The third-order valence-electron chi connectivity index (χ3n) is 6.73. The Morgan fingerprint density at radius 3 is 2.30 bits per heavy atom. The Morgan fingerprint density at radius 1 is 0.933 bits per heavy atom. The van der Waals surface area contributed by atoms with Gasteiger partial charge in [-0.2, -0.15) is 0 Å². The molecule has 3 heterocycles. The van der Waals surface area contributed by atoms with Crippen LogP contribution in [0.2, 0.25) is 5.02 Å². The third-order valence-corrected chi connectivity index (χ3v) is 7.01. The van der Waals surface area contributed by atoms with E-state index < -0.39 is 0 Å². The summed E-state index contributed by atoms with van der Waals surface area (Å²) in [7, 11) is 0. The molecule has 3 fully saturated rings. The fourth-order valence-electron chi connectivity index (χ4n) is 4.85. The maximum atomic E-state index is 13.0. The predicted molar refractivity (Wildman–Crippen MR) is 117 cm³/mol. The number of hydrogen-bond acceptors (Lipinski definition) is 5. The molecule has 7 nitrogen and oxygen atoms in total. The largest absolute Gasteiger partial charge is 0.341 e. The number of carbonyl (C=O) groups is 2. The fourth-order valence-corrected chi connectivity index (χ4v) is 5.02. The molecule has 3 aliphatic rings. The molecule has 2 amide bonds. The standard InChI is InChI=1S/C22H32ClN5O2/c23-18-16-24-22(28-10-4-5-11-28)25-20(18)21(30)27-14-12-26(13-15-27)19(29)9-8-17-6-2-1-3-7-17/h16-17H,1-15H2. The van der Waals surface area contributed by atoms with E-state index in [-0.39, 0.29) is 22.5 Å². The molecule has 2 aliphatic heterocycles. The second kappa shape index (κ2) is 9.94. The SMILES string of the molecule is O=C(CCC1CCCCC1)N1CCN(C(=O)c2nc(N3CCCC3)ncc2Cl)CC1. The van der Waals surface area contributed by atoms with Crippen LogP contribution < -0.4 is 4.90 Å². The van der Waals surface area contributed by atoms with Gasteiger partial charge in [0, 0.05) is 45.7 Å². The van der Waals surface area contributed by atoms with Gasteiger partial charge in [0.2, 0.25) is 11.9 Å². The molecule has 1 aromatic rings. The molecule has 1 saturated carbocycles. The summed E-state index contributed by atoms with van der Waals surface area (Å²) in [5, 5.41) is 0.286. The summed E-state index contributed by atoms with van der Waals surface area (Å²) in [6.45, 7) is 4.03. The maximum absolute atomic E-state index is 13.0. The van der Waals surface area contributed by atoms with Crippen LogP contribution in [0.15, 0.2) is 6.20 Å². The molecule has 1 aliphatic carbocycles. The van der Waals surface area contributed by atoms with Crippen molar-refractivity contribution in [3.05, 3.63) is 16.9 Å². The highest BCUT2D eigenvalue weighted by molar-refractivity contribution is 6.33. The van der Waals surface area contributed by atoms with Crippen molar-refractivity contribution in [3.8, 4) is 0 Å². The lowest BCUT2D eigenvalue weighted by atomic mass is 9.86. The average Bonchev–Trinajstić information content (AvgIpc) is 3.33. The van der Waals surface area contributed by atoms with Crippen LogP contribution in [0.3, 0.4) is 0 Å². The fraction of sp³-hybridized carbons (Fsp3) is 0.727. The molecule has 0 radical (unpaired) electrons. The summed E-state index contributed by atoms with van der Waals surface area (Å²) in [6, 6.07) is 0. The first-order valence-electron chi connectivity index (χ1n) is 11.5. The summed E-state index contributed by atoms with van der Waals surface area (Å²) in [4.78, 5) is 40.2. The van der Waals surface area contributed by atoms with E-state index in [1.165, 1.54) is 38.3 Å². The third kappa shape index (κ3) is 5.05. The number of nitrogens with zero attached hydrogens (tertiary/aromatic N) is 5. The number of aromatic nitrogens is 2. The van der Waals surface area contributed by atoms with E-state index in [0.29, 0.717) is 38.5 Å². The molecule has 164 valence electrons. The van der Waals surface area contributed by atoms with E-state index in [1.54, 1.807) is 4.90 Å². The number of hydrogen-bond donors (Lipinski definition) is 0. The van der Waals surface area contributed by atoms with Gasteiger partial charge in [-0.1, -0.05) is 43.7 Å². The number of amides is 2. The van der Waals surface area contributed by atoms with E-state index >= 15 is 0 Å². The Balaban J connectivity index is 1.29. The minimum atomic E-state index is -0.169. The zero-order chi connectivity index (χ0) is 20.9. The first kappa shape index (κ1) is 21.3. The highest BCUT2D eigenvalue weighted by Gasteiger charge is 2.28. The number of rotatable bonds is 5. The van der Waals surface area contributed by atoms with Crippen LogP contribution in [-0.2, 0) is 4.79 Å². The molecule has 0 bridgehead atoms. The summed E-state index contributed by atoms with van der Waals surface area (Å²) in [5.41, 5.74) is 0.269. The molecule has 1 aromatic heterocycles. The van der Waals surface area contributed by atoms with Crippen molar-refractivity contribution in [2.75, 3.05) is 44.2 Å². The van der Waals surface area contributed by atoms with E-state index in [9.17, 15) is 9.59 Å². The van der Waals surface area contributed by atoms with Gasteiger partial charge in [-0.05, 0) is 25.2 Å². The second-order valence-corrected chi connectivity index (χ2v) is 9.18. The molecule has 4 rings (SSSR count). The van der Waals surface area contributed by atoms with Gasteiger partial charge in [-0.3, -0.25) is 9.59 Å². The second-order valence-electron chi connectivity index (χ2n) is 8.78. The molecule has 2 saturated heterocycles. The number of piperazine rings is 1. The number of anilines is 1. The first-order chi connectivity index (χ1) is 14.6. The summed E-state index contributed by atoms with van der Waals surface area (Å²) < 4.78 is 0. The van der Waals surface area contributed by atoms with Gasteiger partial charge in [0.05, 0.1) is 11.2 Å². The molecular weight excluding hydrogens is 402 g/mol. The molecule has 0 atom stereocenters. The molecular formula is C22H32ClN5O2. The summed E-state index contributed by atoms with van der Waals surface area (Å²) >= 11 is 6.26. The molecule has 0 spiro atoms. The predicted octanol–water partition coefficient (Wildman–Crippen LogP) is 3.38. The minimum Gasteiger partial charge on any atom is -0.341 e. The maximum Gasteiger partial charge on any atom is 0.274 e. The highest BCUT2D eigenvalue weighted by Crippen LogP contribution is 2.27. The zero-order valence-corrected chi connectivity index (χ0v) is 18.4. The Hall–Kier alpha value is -1.89. The van der Waals surface area contributed by atoms with Crippen molar-refractivity contribution in [3.63, 3.8) is 0 Å². The van der Waals surface area contributed by atoms with Crippen LogP contribution in [0.1, 0.15) is 68.3 Å². The van der Waals surface area contributed by atoms with Gasteiger partial charge in [0.25, 0.3) is 5.91 Å². The van der Waals surface area contributed by atoms with E-state index in [0.717, 1.165) is 38.3 Å². The molecule has 0 N–H and O–H groups in total. The molecule has 8 heteroatoms. The molecule has 30 heavy (non-hydrogen) atoms. The highest BCUT2D eigenvalue weighted by atomic mass is 35.5. The van der Waals surface area contributed by atoms with Crippen molar-refractivity contribution in [1.29, 1.82) is 0 Å². The molecule has 0 aromatic carbocycles. The summed E-state index contributed by atoms with van der Waals surface area (Å²) in [6.07, 6.45) is 11.9. The molecule has 0 unspecified atom stereocenters. The van der Waals surface area contributed by atoms with Crippen LogP contribution in [-0.4, -0.2) is 70.9 Å². The average molecular weight is 434 g/mol. The Labute approximate surface area is 183 Å². The monoisotopic (exact) mass is 433 g/mol. The lowest BCUT2D eigenvalue weighted by Gasteiger charge is -2.35. The van der Waals surface area contributed by atoms with Gasteiger partial charge in [0.15, 0.2) is 5.69 Å². The van der Waals surface area contributed by atoms with Gasteiger partial charge in [0.1, 0.15) is 0 Å². The summed E-state index contributed by atoms with van der Waals surface area (Å²) in [5.74, 6) is 1.35. The lowest BCUT2D eigenvalue weighted by molar-refractivity contribution is -0.133. The van der Waals surface area contributed by atoms with Crippen molar-refractivity contribution in [1.82, 2.24) is 19.8 Å². The smallest absolute Gasteiger partial charge is 0.274 e. The first-order valence-corrected chi connectivity index (χ1v) is 11.8. The van der Waals surface area contributed by atoms with Gasteiger partial charge >= 0.3 is 0 Å². The Morgan fingerprint density at radius 2 is 1.60 bits per heavy atom. The Kier molecular flexibility index (Phi) is 7.08. The van der Waals surface area contributed by atoms with Crippen molar-refractivity contribution in [2.45, 2.75) is 57.8 Å². The van der Waals surface area contributed by atoms with Gasteiger partial charge in [-0.15, -0.1) is 0 Å². The number of carbonyl (C=O) groups excluding carboxylic acids is 2. The van der Waals surface area contributed by atoms with Crippen LogP contribution in [0.5, 0.6) is 0 Å². The van der Waals surface area contributed by atoms with Crippen molar-refractivity contribution < 1.29 is 9.59 Å². The van der Waals surface area contributed by atoms with Gasteiger partial charge < -0.3 is 14.7 Å². The lowest BCUT2D eigenvalue weighted by Crippen LogP contribution is -2.50. The van der Waals surface area contributed by atoms with Crippen LogP contribution in [0, 0.1) is 5.92 Å². The van der Waals surface area contributed by atoms with Crippen LogP contribution in [0.25, 0.3) is 0 Å². The van der Waals surface area contributed by atoms with Gasteiger partial charge in [-0.25, -0.2) is 9.97 Å². The van der Waals surface area contributed by atoms with E-state index in [2.05, 4.69) is 14.9 Å². The van der Waals surface area contributed by atoms with Crippen molar-refractivity contribution >= 4 is 29.4 Å². The van der Waals surface area contributed by atoms with Crippen molar-refractivity contribution in [2.24, 2.45) is 5.92 Å². The van der Waals surface area contributed by atoms with E-state index in [1.807, 2.05) is 4.90 Å². The topological polar surface area (TPSA) is 69.6 Å². The Bertz CT molecular complexity index is 754. The minimum absolute atomic E-state index is 0.169. The normalized spacial score (nSPS) is 20.6. The zero-order valence-electron chi connectivity index (χ0n) is 17.7. The van der Waals surface area contributed by atoms with Crippen LogP contribution in [0.4, 0.5) is 5.95 Å². The van der Waals surface area contributed by atoms with Crippen LogP contribution >= 0.6 is 11.6 Å². The number of halogens is 1.